The van der Waals surface area contributed by atoms with Gasteiger partial charge in [0.1, 0.15) is 59.5 Å². The zero-order valence-electron chi connectivity index (χ0n) is 58.2. The lowest BCUT2D eigenvalue weighted by atomic mass is 9.75. The van der Waals surface area contributed by atoms with Crippen LogP contribution in [0.4, 0.5) is 0 Å². The minimum atomic E-state index is -0.499. The summed E-state index contributed by atoms with van der Waals surface area (Å²) in [7, 11) is 0. The Balaban J connectivity index is 0.671. The molecule has 21 heteroatoms. The monoisotopic (exact) mass is 1370 g/mol. The van der Waals surface area contributed by atoms with Crippen LogP contribution in [-0.4, -0.2) is 187 Å². The summed E-state index contributed by atoms with van der Waals surface area (Å²) in [6.45, 7) is 4.67. The average molecular weight is 1370 g/mol. The van der Waals surface area contributed by atoms with Crippen LogP contribution >= 0.6 is 0 Å². The van der Waals surface area contributed by atoms with Crippen LogP contribution < -0.4 is 0 Å². The van der Waals surface area contributed by atoms with Crippen LogP contribution in [0.5, 0.6) is 0 Å². The predicted molar refractivity (Wildman–Crippen MR) is 367 cm³/mol. The molecule has 99 heavy (non-hydrogen) atoms. The molecule has 3 aromatic carbocycles. The zero-order valence-corrected chi connectivity index (χ0v) is 58.2. The number of rotatable bonds is 38. The largest absolute Gasteiger partial charge is 0.464 e. The topological polar surface area (TPSA) is 246 Å². The van der Waals surface area contributed by atoms with E-state index in [2.05, 4.69) is 0 Å². The Morgan fingerprint density at radius 2 is 0.545 bits per heavy atom. The van der Waals surface area contributed by atoms with E-state index in [9.17, 15) is 43.2 Å². The lowest BCUT2D eigenvalue weighted by Crippen LogP contribution is -2.37. The van der Waals surface area contributed by atoms with Crippen LogP contribution in [0.25, 0.3) is 0 Å². The van der Waals surface area contributed by atoms with Crippen LogP contribution in [0.3, 0.4) is 0 Å². The quantitative estimate of drug-likeness (QED) is 0.0382. The van der Waals surface area contributed by atoms with Gasteiger partial charge in [0.15, 0.2) is 0 Å². The van der Waals surface area contributed by atoms with Crippen molar-refractivity contribution >= 4 is 53.7 Å². The molecule has 4 atom stereocenters. The minimum Gasteiger partial charge on any atom is -0.464 e. The van der Waals surface area contributed by atoms with E-state index in [0.29, 0.717) is 100 Å². The molecule has 6 saturated carbocycles. The molecule has 0 N–H and O–H groups in total. The number of ether oxygens (including phenoxy) is 9. The van der Waals surface area contributed by atoms with E-state index in [1.165, 1.54) is 0 Å². The summed E-state index contributed by atoms with van der Waals surface area (Å²) in [6.07, 6.45) is 21.2. The second kappa shape index (κ2) is 41.5. The normalized spacial score (nSPS) is 21.4. The summed E-state index contributed by atoms with van der Waals surface area (Å²) in [6, 6.07) is 24.7. The Hall–Kier alpha value is -7.23. The van der Waals surface area contributed by atoms with Crippen molar-refractivity contribution < 1.29 is 85.8 Å². The Morgan fingerprint density at radius 3 is 0.919 bits per heavy atom. The summed E-state index contributed by atoms with van der Waals surface area (Å²) in [5, 5.41) is 0. The van der Waals surface area contributed by atoms with E-state index in [1.54, 1.807) is 60.7 Å². The van der Waals surface area contributed by atoms with Gasteiger partial charge in [0.25, 0.3) is 0 Å². The molecule has 4 unspecified atom stereocenters. The number of hydrogen-bond acceptors (Lipinski definition) is 21. The molecule has 0 heterocycles. The van der Waals surface area contributed by atoms with Crippen LogP contribution in [0.2, 0.25) is 0 Å². The van der Waals surface area contributed by atoms with E-state index >= 15 is 0 Å². The first-order valence-electron chi connectivity index (χ1n) is 37.2. The van der Waals surface area contributed by atoms with E-state index in [4.69, 9.17) is 42.6 Å². The molecule has 9 rings (SSSR count). The number of carbonyl (C=O) groups is 9. The molecule has 6 aliphatic rings. The first kappa shape index (κ1) is 76.0. The fraction of sp³-hybridized carbons (Fsp3) is 0.654. The SMILES string of the molecule is O=C(OCCN(CCOC(=O)c1ccccc1)CCOC(=O)c1ccc(C2CCCC(C(=O)OCCN(CCOC(=O)C3CCCCC3)CCOC(=O)C3CCC(C4CCC(C(=O)OCCN(CCOC(=O)C5CCCC5)CCOC(=O)C5CCCC5)C4)CC3)C2)cc1)c1ccccc1. The molecule has 0 bridgehead atoms. The van der Waals surface area contributed by atoms with Gasteiger partial charge in [0.05, 0.1) is 52.2 Å². The van der Waals surface area contributed by atoms with Gasteiger partial charge in [-0.2, -0.15) is 0 Å². The Labute approximate surface area is 584 Å². The molecule has 542 valence electrons. The fourth-order valence-electron chi connectivity index (χ4n) is 15.3. The smallest absolute Gasteiger partial charge is 0.338 e. The highest BCUT2D eigenvalue weighted by Gasteiger charge is 2.39. The molecule has 0 aromatic heterocycles. The van der Waals surface area contributed by atoms with Crippen LogP contribution in [0.15, 0.2) is 84.9 Å². The number of nitrogens with zero attached hydrogens (tertiary/aromatic N) is 3. The van der Waals surface area contributed by atoms with Gasteiger partial charge in [0.2, 0.25) is 0 Å². The van der Waals surface area contributed by atoms with E-state index in [1.807, 2.05) is 39.0 Å². The average Bonchev–Trinajstić information content (AvgIpc) is 1.82. The fourth-order valence-corrected chi connectivity index (χ4v) is 15.3. The van der Waals surface area contributed by atoms with E-state index in [0.717, 1.165) is 147 Å². The van der Waals surface area contributed by atoms with Crippen molar-refractivity contribution in [3.63, 3.8) is 0 Å². The van der Waals surface area contributed by atoms with Crippen LogP contribution in [0.1, 0.15) is 197 Å². The van der Waals surface area contributed by atoms with Crippen molar-refractivity contribution in [1.29, 1.82) is 0 Å². The third-order valence-electron chi connectivity index (χ3n) is 21.4. The first-order valence-corrected chi connectivity index (χ1v) is 37.2. The summed E-state index contributed by atoms with van der Waals surface area (Å²) in [4.78, 5) is 123. The van der Waals surface area contributed by atoms with E-state index < -0.39 is 17.9 Å². The van der Waals surface area contributed by atoms with Crippen molar-refractivity contribution in [2.24, 2.45) is 47.3 Å². The summed E-state index contributed by atoms with van der Waals surface area (Å²) in [5.74, 6) is -2.54. The lowest BCUT2D eigenvalue weighted by molar-refractivity contribution is -0.153. The highest BCUT2D eigenvalue weighted by atomic mass is 16.6. The molecule has 6 fully saturated rings. The summed E-state index contributed by atoms with van der Waals surface area (Å²) < 4.78 is 51.5. The number of carbonyl (C=O) groups excluding carboxylic acids is 9. The molecule has 21 nitrogen and oxygen atoms in total. The molecule has 0 spiro atoms. The van der Waals surface area contributed by atoms with Crippen molar-refractivity contribution in [2.75, 3.05) is 118 Å². The van der Waals surface area contributed by atoms with Gasteiger partial charge >= 0.3 is 53.7 Å². The highest BCUT2D eigenvalue weighted by molar-refractivity contribution is 5.90. The lowest BCUT2D eigenvalue weighted by Gasteiger charge is -2.31. The molecular formula is C78H107N3O18. The molecule has 0 amide bonds. The standard InChI is InChI=1S/C78H107N3O18/c82-70(59-15-4-1-5-16-59)91-46-37-79(38-47-92-71(83)60-17-6-2-7-18-60)42-51-96-75(87)64-31-27-57(28-32-64)66-25-14-26-68(55-66)77(89)98-53-44-81(39-48-93-72(84)61-19-8-3-9-20-61)43-52-97-76(88)65-33-29-58(30-34-65)67-35-36-69(56-67)78(90)99-54-45-80(40-49-94-73(85)62-21-10-11-22-62)41-50-95-74(86)63-23-12-13-24-63/h1-2,4-7,15-18,27-28,31-32,58,61-63,65-69H,3,8-14,19-26,29-30,33-56H2. The number of benzene rings is 3. The Bertz CT molecular complexity index is 2900. The number of hydrogen-bond donors (Lipinski definition) is 0. The van der Waals surface area contributed by atoms with Gasteiger partial charge in [0, 0.05) is 58.9 Å². The second-order valence-corrected chi connectivity index (χ2v) is 28.0. The Kier molecular flexibility index (Phi) is 31.8. The van der Waals surface area contributed by atoms with Crippen molar-refractivity contribution in [2.45, 2.75) is 160 Å². The molecular weight excluding hydrogens is 1270 g/mol. The highest BCUT2D eigenvalue weighted by Crippen LogP contribution is 2.44. The predicted octanol–water partition coefficient (Wildman–Crippen LogP) is 11.2. The maximum atomic E-state index is 13.7. The first-order chi connectivity index (χ1) is 48.3. The van der Waals surface area contributed by atoms with Gasteiger partial charge in [-0.15, -0.1) is 0 Å². The minimum absolute atomic E-state index is 0.0279. The molecule has 0 saturated heterocycles. The van der Waals surface area contributed by atoms with Crippen molar-refractivity contribution in [1.82, 2.24) is 14.7 Å². The van der Waals surface area contributed by atoms with Gasteiger partial charge in [-0.25, -0.2) is 14.4 Å². The molecule has 3 aromatic rings. The van der Waals surface area contributed by atoms with E-state index in [-0.39, 0.29) is 137 Å². The second-order valence-electron chi connectivity index (χ2n) is 28.0. The third kappa shape index (κ3) is 25.4. The van der Waals surface area contributed by atoms with Gasteiger partial charge in [-0.3, -0.25) is 43.5 Å². The van der Waals surface area contributed by atoms with Crippen molar-refractivity contribution in [3.05, 3.63) is 107 Å². The van der Waals surface area contributed by atoms with Gasteiger partial charge < -0.3 is 42.6 Å². The molecule has 0 aliphatic heterocycles. The van der Waals surface area contributed by atoms with Gasteiger partial charge in [-0.05, 0) is 162 Å². The molecule has 6 aliphatic carbocycles. The molecule has 0 radical (unpaired) electrons. The zero-order chi connectivity index (χ0) is 69.4. The van der Waals surface area contributed by atoms with Crippen LogP contribution in [-0.2, 0) is 71.4 Å². The third-order valence-corrected chi connectivity index (χ3v) is 21.4. The number of esters is 9. The summed E-state index contributed by atoms with van der Waals surface area (Å²) >= 11 is 0. The Morgan fingerprint density at radius 1 is 0.263 bits per heavy atom. The van der Waals surface area contributed by atoms with Crippen LogP contribution in [0, 0.1) is 47.3 Å². The maximum absolute atomic E-state index is 13.7. The van der Waals surface area contributed by atoms with Crippen molar-refractivity contribution in [3.8, 4) is 0 Å². The maximum Gasteiger partial charge on any atom is 0.338 e. The summed E-state index contributed by atoms with van der Waals surface area (Å²) in [5.41, 5.74) is 2.26. The van der Waals surface area contributed by atoms with Gasteiger partial charge in [-0.1, -0.05) is 99.9 Å².